The highest BCUT2D eigenvalue weighted by Crippen LogP contribution is 2.71. The molecule has 0 aromatic carbocycles. The zero-order valence-corrected chi connectivity index (χ0v) is 23.0. The van der Waals surface area contributed by atoms with E-state index in [-0.39, 0.29) is 45.7 Å². The van der Waals surface area contributed by atoms with Gasteiger partial charge in [-0.15, -0.1) is 0 Å². The molecular formula is C30H44O6. The molecule has 0 aromatic rings. The highest BCUT2D eigenvalue weighted by atomic mass is 16.4. The van der Waals surface area contributed by atoms with Crippen LogP contribution in [0.5, 0.6) is 0 Å². The number of aliphatic hydroxyl groups excluding tert-OH is 2. The molecule has 8 atom stereocenters. The number of aliphatic carboxylic acids is 1. The van der Waals surface area contributed by atoms with Gasteiger partial charge in [-0.05, 0) is 73.7 Å². The number of carboxylic acid groups (broad SMARTS) is 1. The Balaban J connectivity index is 1.72. The molecule has 36 heavy (non-hydrogen) atoms. The fraction of sp³-hybridized carbons (Fsp3) is 0.767. The smallest absolute Gasteiger partial charge is 0.331 e. The van der Waals surface area contributed by atoms with E-state index in [1.807, 2.05) is 13.8 Å². The van der Waals surface area contributed by atoms with Crippen LogP contribution in [-0.2, 0) is 14.4 Å². The van der Waals surface area contributed by atoms with Gasteiger partial charge in [0.25, 0.3) is 0 Å². The number of rotatable bonds is 5. The number of carbonyl (C=O) groups excluding carboxylic acids is 2. The highest BCUT2D eigenvalue weighted by Gasteiger charge is 2.68. The number of hydrogen-bond donors (Lipinski definition) is 3. The molecule has 4 aliphatic rings. The first kappa shape index (κ1) is 27.3. The lowest BCUT2D eigenvalue weighted by Gasteiger charge is -2.60. The lowest BCUT2D eigenvalue weighted by molar-refractivity contribution is -0.143. The number of ketones is 2. The van der Waals surface area contributed by atoms with Crippen molar-refractivity contribution in [2.75, 3.05) is 0 Å². The summed E-state index contributed by atoms with van der Waals surface area (Å²) in [5.74, 6) is -0.597. The molecular weight excluding hydrogens is 456 g/mol. The quantitative estimate of drug-likeness (QED) is 0.464. The topological polar surface area (TPSA) is 112 Å². The third kappa shape index (κ3) is 3.61. The van der Waals surface area contributed by atoms with Gasteiger partial charge in [0.2, 0.25) is 0 Å². The summed E-state index contributed by atoms with van der Waals surface area (Å²) >= 11 is 0. The van der Waals surface area contributed by atoms with Gasteiger partial charge in [-0.3, -0.25) is 9.59 Å². The summed E-state index contributed by atoms with van der Waals surface area (Å²) in [6.07, 6.45) is 4.09. The molecule has 6 heteroatoms. The predicted octanol–water partition coefficient (Wildman–Crippen LogP) is 4.87. The highest BCUT2D eigenvalue weighted by molar-refractivity contribution is 6.01. The fourth-order valence-electron chi connectivity index (χ4n) is 9.07. The minimum absolute atomic E-state index is 0.0156. The molecule has 0 saturated heterocycles. The Labute approximate surface area is 215 Å². The average Bonchev–Trinajstić information content (AvgIpc) is 2.99. The summed E-state index contributed by atoms with van der Waals surface area (Å²) < 4.78 is 0. The van der Waals surface area contributed by atoms with E-state index in [0.29, 0.717) is 25.7 Å². The normalized spacial score (nSPS) is 41.9. The average molecular weight is 501 g/mol. The van der Waals surface area contributed by atoms with Crippen molar-refractivity contribution in [3.63, 3.8) is 0 Å². The molecule has 0 aliphatic heterocycles. The van der Waals surface area contributed by atoms with E-state index in [1.54, 1.807) is 0 Å². The van der Waals surface area contributed by atoms with E-state index in [4.69, 9.17) is 5.11 Å². The van der Waals surface area contributed by atoms with Crippen molar-refractivity contribution in [1.29, 1.82) is 0 Å². The van der Waals surface area contributed by atoms with Gasteiger partial charge in [-0.2, -0.15) is 0 Å². The maximum absolute atomic E-state index is 13.9. The van der Waals surface area contributed by atoms with Crippen LogP contribution in [0.2, 0.25) is 0 Å². The summed E-state index contributed by atoms with van der Waals surface area (Å²) in [5, 5.41) is 31.3. The molecule has 0 spiro atoms. The predicted molar refractivity (Wildman–Crippen MR) is 137 cm³/mol. The van der Waals surface area contributed by atoms with Crippen LogP contribution in [0.15, 0.2) is 22.8 Å². The van der Waals surface area contributed by atoms with Gasteiger partial charge in [0.15, 0.2) is 5.78 Å². The zero-order chi connectivity index (χ0) is 27.0. The van der Waals surface area contributed by atoms with Gasteiger partial charge in [0.1, 0.15) is 5.78 Å². The van der Waals surface area contributed by atoms with E-state index in [1.165, 1.54) is 18.6 Å². The first-order valence-corrected chi connectivity index (χ1v) is 13.6. The Kier molecular flexibility index (Phi) is 6.53. The minimum Gasteiger partial charge on any atom is -0.478 e. The van der Waals surface area contributed by atoms with Gasteiger partial charge in [-0.1, -0.05) is 47.1 Å². The van der Waals surface area contributed by atoms with Crippen LogP contribution in [-0.4, -0.2) is 45.1 Å². The summed E-state index contributed by atoms with van der Waals surface area (Å²) in [6.45, 7) is 14.1. The molecule has 0 amide bonds. The maximum Gasteiger partial charge on any atom is 0.331 e. The molecule has 4 aliphatic carbocycles. The van der Waals surface area contributed by atoms with E-state index < -0.39 is 29.0 Å². The van der Waals surface area contributed by atoms with Crippen LogP contribution in [0.3, 0.4) is 0 Å². The Hall–Kier alpha value is -1.79. The largest absolute Gasteiger partial charge is 0.478 e. The Morgan fingerprint density at radius 3 is 2.36 bits per heavy atom. The monoisotopic (exact) mass is 500 g/mol. The maximum atomic E-state index is 13.9. The van der Waals surface area contributed by atoms with Crippen LogP contribution >= 0.6 is 0 Å². The molecule has 3 N–H and O–H groups in total. The number of aliphatic hydroxyl groups is 2. The number of Topliss-reactive ketones (excluding diaryl/α,β-unsaturated/α-hetero) is 2. The Morgan fingerprint density at radius 1 is 1.11 bits per heavy atom. The summed E-state index contributed by atoms with van der Waals surface area (Å²) in [7, 11) is 0. The molecule has 0 aromatic heterocycles. The number of hydrogen-bond acceptors (Lipinski definition) is 5. The molecule has 2 saturated carbocycles. The second-order valence-electron chi connectivity index (χ2n) is 13.5. The lowest BCUT2D eigenvalue weighted by Crippen LogP contribution is -2.57. The van der Waals surface area contributed by atoms with E-state index in [0.717, 1.165) is 24.8 Å². The molecule has 2 fully saturated rings. The number of carboxylic acids is 1. The molecule has 0 heterocycles. The SMILES string of the molecule is C/C(=C\[C@@H](O)C[C@@H](C)[C@H]1C[C@H](O)[C@@]2(C)C3=C(CC[C@]12C)[C@@]1(C)CCC(=O)C(C)(C)C1CC3=O)C(=O)O. The van der Waals surface area contributed by atoms with Gasteiger partial charge >= 0.3 is 5.97 Å². The Morgan fingerprint density at radius 2 is 1.75 bits per heavy atom. The van der Waals surface area contributed by atoms with Gasteiger partial charge in [0, 0.05) is 34.8 Å². The molecule has 1 unspecified atom stereocenters. The van der Waals surface area contributed by atoms with Crippen molar-refractivity contribution in [1.82, 2.24) is 0 Å². The Bertz CT molecular complexity index is 1050. The van der Waals surface area contributed by atoms with Crippen LogP contribution < -0.4 is 0 Å². The minimum atomic E-state index is -1.04. The molecule has 6 nitrogen and oxygen atoms in total. The molecule has 0 bridgehead atoms. The summed E-state index contributed by atoms with van der Waals surface area (Å²) in [5.41, 5.74) is 0.355. The summed E-state index contributed by atoms with van der Waals surface area (Å²) in [6, 6.07) is 0. The van der Waals surface area contributed by atoms with E-state index >= 15 is 0 Å². The zero-order valence-electron chi connectivity index (χ0n) is 23.0. The number of carbonyl (C=O) groups is 3. The van der Waals surface area contributed by atoms with Crippen LogP contribution in [0.25, 0.3) is 0 Å². The lowest BCUT2D eigenvalue weighted by atomic mass is 9.43. The first-order valence-electron chi connectivity index (χ1n) is 13.6. The first-order chi connectivity index (χ1) is 16.5. The summed E-state index contributed by atoms with van der Waals surface area (Å²) in [4.78, 5) is 37.9. The number of fused-ring (bicyclic) bond motifs is 4. The van der Waals surface area contributed by atoms with Crippen LogP contribution in [0.4, 0.5) is 0 Å². The van der Waals surface area contributed by atoms with Crippen molar-refractivity contribution in [2.24, 2.45) is 39.4 Å². The third-order valence-corrected chi connectivity index (χ3v) is 11.5. The molecule has 200 valence electrons. The van der Waals surface area contributed by atoms with E-state index in [2.05, 4.69) is 27.7 Å². The fourth-order valence-corrected chi connectivity index (χ4v) is 9.07. The standard InChI is InChI=1S/C30H44O6/c1-16(12-18(31)13-17(2)26(35)36)20-14-24(34)30(7)25-19(8-11-29(20,30)6)28(5)10-9-23(33)27(3,4)22(28)15-21(25)32/h13,16,18,20,22,24,31,34H,8-12,14-15H2,1-7H3,(H,35,36)/b17-13+/t16-,18+,20-,22?,24+,28-,29-,30+/m1/s1. The van der Waals surface area contributed by atoms with Crippen LogP contribution in [0, 0.1) is 39.4 Å². The van der Waals surface area contributed by atoms with Crippen molar-refractivity contribution >= 4 is 17.5 Å². The molecule has 0 radical (unpaired) electrons. The second-order valence-corrected chi connectivity index (χ2v) is 13.5. The van der Waals surface area contributed by atoms with Crippen molar-refractivity contribution in [3.05, 3.63) is 22.8 Å². The van der Waals surface area contributed by atoms with Gasteiger partial charge in [0.05, 0.1) is 12.2 Å². The van der Waals surface area contributed by atoms with Crippen LogP contribution in [0.1, 0.15) is 93.4 Å². The van der Waals surface area contributed by atoms with E-state index in [9.17, 15) is 24.6 Å². The van der Waals surface area contributed by atoms with Gasteiger partial charge < -0.3 is 15.3 Å². The van der Waals surface area contributed by atoms with Gasteiger partial charge in [-0.25, -0.2) is 4.79 Å². The molecule has 4 rings (SSSR count). The van der Waals surface area contributed by atoms with Crippen molar-refractivity contribution in [3.8, 4) is 0 Å². The third-order valence-electron chi connectivity index (χ3n) is 11.5. The second kappa shape index (κ2) is 8.62. The number of allylic oxidation sites excluding steroid dienone is 1. The van der Waals surface area contributed by atoms with Crippen molar-refractivity contribution in [2.45, 2.75) is 106 Å². The van der Waals surface area contributed by atoms with Crippen molar-refractivity contribution < 1.29 is 29.7 Å².